The zero-order chi connectivity index (χ0) is 13.3. The first kappa shape index (κ1) is 19.5. The summed E-state index contributed by atoms with van der Waals surface area (Å²) in [6.07, 6.45) is 0. The maximum absolute atomic E-state index is 12.5. The molecule has 0 radical (unpaired) electrons. The highest BCUT2D eigenvalue weighted by Crippen LogP contribution is 2.21. The molecular formula is C13H20BrCl2N3O. The van der Waals surface area contributed by atoms with E-state index in [4.69, 9.17) is 5.73 Å². The third-order valence-corrected chi connectivity index (χ3v) is 3.83. The quantitative estimate of drug-likeness (QED) is 0.757. The van der Waals surface area contributed by atoms with Crippen molar-refractivity contribution in [3.63, 3.8) is 0 Å². The highest BCUT2D eigenvalue weighted by atomic mass is 79.9. The Labute approximate surface area is 140 Å². The van der Waals surface area contributed by atoms with Gasteiger partial charge in [0, 0.05) is 35.8 Å². The second kappa shape index (κ2) is 8.08. The Morgan fingerprint density at radius 3 is 2.55 bits per heavy atom. The van der Waals surface area contributed by atoms with Gasteiger partial charge in [-0.05, 0) is 32.2 Å². The van der Waals surface area contributed by atoms with Gasteiger partial charge in [0.25, 0.3) is 5.91 Å². The number of likely N-dealkylation sites (N-methyl/N-ethyl adjacent to an activating group) is 1. The first-order chi connectivity index (χ1) is 8.49. The molecule has 0 aliphatic carbocycles. The van der Waals surface area contributed by atoms with Crippen molar-refractivity contribution in [2.45, 2.75) is 13.0 Å². The normalized spacial score (nSPS) is 18.9. The molecule has 0 aromatic heterocycles. The molecule has 1 saturated heterocycles. The molecule has 7 heteroatoms. The average Bonchev–Trinajstić information content (AvgIpc) is 2.28. The van der Waals surface area contributed by atoms with E-state index in [9.17, 15) is 4.79 Å². The average molecular weight is 385 g/mol. The van der Waals surface area contributed by atoms with E-state index in [1.54, 1.807) is 12.1 Å². The number of carbonyl (C=O) groups excluding carboxylic acids is 1. The molecular weight excluding hydrogens is 365 g/mol. The number of carbonyl (C=O) groups is 1. The van der Waals surface area contributed by atoms with E-state index in [1.807, 2.05) is 11.0 Å². The van der Waals surface area contributed by atoms with Gasteiger partial charge in [0.1, 0.15) is 0 Å². The van der Waals surface area contributed by atoms with Crippen molar-refractivity contribution < 1.29 is 4.79 Å². The summed E-state index contributed by atoms with van der Waals surface area (Å²) in [5.74, 6) is 0.0283. The Bertz CT molecular complexity index is 473. The van der Waals surface area contributed by atoms with E-state index in [0.29, 0.717) is 11.3 Å². The molecule has 1 aliphatic heterocycles. The summed E-state index contributed by atoms with van der Waals surface area (Å²) in [7, 11) is 2.08. The molecule has 2 rings (SSSR count). The van der Waals surface area contributed by atoms with Crippen LogP contribution in [0.1, 0.15) is 17.3 Å². The predicted molar refractivity (Wildman–Crippen MR) is 91.0 cm³/mol. The third-order valence-electron chi connectivity index (χ3n) is 3.34. The third kappa shape index (κ3) is 4.25. The summed E-state index contributed by atoms with van der Waals surface area (Å²) in [4.78, 5) is 16.6. The minimum Gasteiger partial charge on any atom is -0.398 e. The van der Waals surface area contributed by atoms with E-state index in [1.165, 1.54) is 0 Å². The first-order valence-electron chi connectivity index (χ1n) is 6.03. The number of nitrogen functional groups attached to an aromatic ring is 1. The van der Waals surface area contributed by atoms with Gasteiger partial charge in [0.15, 0.2) is 0 Å². The topological polar surface area (TPSA) is 49.6 Å². The van der Waals surface area contributed by atoms with E-state index in [-0.39, 0.29) is 36.8 Å². The molecule has 2 N–H and O–H groups in total. The van der Waals surface area contributed by atoms with Crippen molar-refractivity contribution in [2.75, 3.05) is 32.4 Å². The number of amides is 1. The van der Waals surface area contributed by atoms with Crippen molar-refractivity contribution in [1.29, 1.82) is 0 Å². The van der Waals surface area contributed by atoms with Gasteiger partial charge in [0.2, 0.25) is 0 Å². The van der Waals surface area contributed by atoms with Crippen LogP contribution in [0.2, 0.25) is 0 Å². The largest absolute Gasteiger partial charge is 0.398 e. The van der Waals surface area contributed by atoms with Crippen LogP contribution in [-0.4, -0.2) is 48.4 Å². The van der Waals surface area contributed by atoms with Gasteiger partial charge in [0.05, 0.1) is 5.56 Å². The number of hydrogen-bond acceptors (Lipinski definition) is 3. The Morgan fingerprint density at radius 1 is 1.35 bits per heavy atom. The minimum absolute atomic E-state index is 0. The SMILES string of the molecule is CC1CN(C)CCN1C(=O)c1ccc(Br)cc1N.Cl.Cl. The summed E-state index contributed by atoms with van der Waals surface area (Å²) in [6.45, 7) is 4.64. The molecule has 0 spiro atoms. The number of nitrogens with two attached hydrogens (primary N) is 1. The zero-order valence-corrected chi connectivity index (χ0v) is 14.7. The van der Waals surface area contributed by atoms with E-state index >= 15 is 0 Å². The molecule has 1 fully saturated rings. The second-order valence-corrected chi connectivity index (χ2v) is 5.76. The van der Waals surface area contributed by atoms with Gasteiger partial charge in [-0.1, -0.05) is 15.9 Å². The van der Waals surface area contributed by atoms with Crippen molar-refractivity contribution in [3.8, 4) is 0 Å². The highest BCUT2D eigenvalue weighted by Gasteiger charge is 2.27. The standard InChI is InChI=1S/C13H18BrN3O.2ClH/c1-9-8-16(2)5-6-17(9)13(18)11-4-3-10(14)7-12(11)15;;/h3-4,7,9H,5-6,8,15H2,1-2H3;2*1H. The lowest BCUT2D eigenvalue weighted by Crippen LogP contribution is -2.52. The van der Waals surface area contributed by atoms with Gasteiger partial charge in [-0.15, -0.1) is 24.8 Å². The molecule has 1 aromatic carbocycles. The van der Waals surface area contributed by atoms with Crippen molar-refractivity contribution >= 4 is 52.3 Å². The lowest BCUT2D eigenvalue weighted by atomic mass is 10.1. The van der Waals surface area contributed by atoms with Gasteiger partial charge in [-0.3, -0.25) is 4.79 Å². The number of nitrogens with zero attached hydrogens (tertiary/aromatic N) is 2. The number of halogens is 3. The summed E-state index contributed by atoms with van der Waals surface area (Å²) in [5, 5.41) is 0. The monoisotopic (exact) mass is 383 g/mol. The first-order valence-corrected chi connectivity index (χ1v) is 6.83. The van der Waals surface area contributed by atoms with Crippen LogP contribution >= 0.6 is 40.7 Å². The van der Waals surface area contributed by atoms with Gasteiger partial charge in [-0.25, -0.2) is 0 Å². The molecule has 114 valence electrons. The van der Waals surface area contributed by atoms with Crippen LogP contribution in [0.15, 0.2) is 22.7 Å². The Balaban J connectivity index is 0.00000180. The van der Waals surface area contributed by atoms with Crippen molar-refractivity contribution in [2.24, 2.45) is 0 Å². The van der Waals surface area contributed by atoms with Gasteiger partial charge >= 0.3 is 0 Å². The number of rotatable bonds is 1. The van der Waals surface area contributed by atoms with Crippen LogP contribution in [-0.2, 0) is 0 Å². The molecule has 1 heterocycles. The lowest BCUT2D eigenvalue weighted by Gasteiger charge is -2.38. The van der Waals surface area contributed by atoms with E-state index in [0.717, 1.165) is 24.1 Å². The molecule has 0 bridgehead atoms. The Morgan fingerprint density at radius 2 is 2.00 bits per heavy atom. The maximum atomic E-state index is 12.5. The van der Waals surface area contributed by atoms with Crippen LogP contribution in [0.4, 0.5) is 5.69 Å². The summed E-state index contributed by atoms with van der Waals surface area (Å²) in [6, 6.07) is 5.63. The van der Waals surface area contributed by atoms with Crippen LogP contribution in [0.5, 0.6) is 0 Å². The number of benzene rings is 1. The van der Waals surface area contributed by atoms with E-state index < -0.39 is 0 Å². The Hall–Kier alpha value is -0.490. The molecule has 1 aromatic rings. The lowest BCUT2D eigenvalue weighted by molar-refractivity contribution is 0.0534. The van der Waals surface area contributed by atoms with Crippen LogP contribution in [0.3, 0.4) is 0 Å². The van der Waals surface area contributed by atoms with Gasteiger partial charge in [-0.2, -0.15) is 0 Å². The van der Waals surface area contributed by atoms with Crippen molar-refractivity contribution in [1.82, 2.24) is 9.80 Å². The summed E-state index contributed by atoms with van der Waals surface area (Å²) < 4.78 is 0.892. The molecule has 4 nitrogen and oxygen atoms in total. The van der Waals surface area contributed by atoms with Crippen molar-refractivity contribution in [3.05, 3.63) is 28.2 Å². The number of anilines is 1. The molecule has 0 saturated carbocycles. The van der Waals surface area contributed by atoms with Crippen LogP contribution < -0.4 is 5.73 Å². The van der Waals surface area contributed by atoms with Crippen LogP contribution in [0.25, 0.3) is 0 Å². The number of piperazine rings is 1. The predicted octanol–water partition coefficient (Wildman–Crippen LogP) is 2.65. The van der Waals surface area contributed by atoms with Crippen LogP contribution in [0, 0.1) is 0 Å². The highest BCUT2D eigenvalue weighted by molar-refractivity contribution is 9.10. The molecule has 20 heavy (non-hydrogen) atoms. The fraction of sp³-hybridized carbons (Fsp3) is 0.462. The molecule has 1 aliphatic rings. The molecule has 1 unspecified atom stereocenters. The maximum Gasteiger partial charge on any atom is 0.256 e. The Kier molecular flexibility index (Phi) is 7.88. The molecule has 1 amide bonds. The fourth-order valence-corrected chi connectivity index (χ4v) is 2.70. The number of hydrogen-bond donors (Lipinski definition) is 1. The molecule has 1 atom stereocenters. The van der Waals surface area contributed by atoms with Gasteiger partial charge < -0.3 is 15.5 Å². The smallest absolute Gasteiger partial charge is 0.256 e. The minimum atomic E-state index is 0. The van der Waals surface area contributed by atoms with E-state index in [2.05, 4.69) is 34.8 Å². The zero-order valence-electron chi connectivity index (χ0n) is 11.5. The summed E-state index contributed by atoms with van der Waals surface area (Å²) in [5.41, 5.74) is 7.03. The second-order valence-electron chi connectivity index (χ2n) is 4.84. The summed E-state index contributed by atoms with van der Waals surface area (Å²) >= 11 is 3.35. The fourth-order valence-electron chi connectivity index (χ4n) is 2.32.